The van der Waals surface area contributed by atoms with Crippen molar-refractivity contribution in [1.82, 2.24) is 9.97 Å². The van der Waals surface area contributed by atoms with Gasteiger partial charge in [0.2, 0.25) is 0 Å². The van der Waals surface area contributed by atoms with Crippen molar-refractivity contribution < 1.29 is 13.3 Å². The Morgan fingerprint density at radius 3 is 2.23 bits per heavy atom. The first-order valence-corrected chi connectivity index (χ1v) is 12.2. The van der Waals surface area contributed by atoms with Gasteiger partial charge in [-0.05, 0) is 35.7 Å². The molecule has 4 aromatic carbocycles. The number of fused-ring (bicyclic) bond motifs is 2. The minimum atomic E-state index is -4.27. The van der Waals surface area contributed by atoms with E-state index < -0.39 is 20.6 Å². The molecule has 2 N–H and O–H groups in total. The molecule has 0 fully saturated rings. The molecule has 174 valence electrons. The molecule has 5 rings (SSSR count). The number of nitro groups is 1. The molecular weight excluding hydrogens is 490 g/mol. The Kier molecular flexibility index (Phi) is 5.67. The number of hydrogen-bond acceptors (Lipinski definition) is 7. The Morgan fingerprint density at radius 1 is 0.829 bits per heavy atom. The fourth-order valence-electron chi connectivity index (χ4n) is 3.61. The van der Waals surface area contributed by atoms with E-state index in [0.717, 1.165) is 22.9 Å². The van der Waals surface area contributed by atoms with Crippen molar-refractivity contribution in [1.29, 1.82) is 0 Å². The molecule has 35 heavy (non-hydrogen) atoms. The summed E-state index contributed by atoms with van der Waals surface area (Å²) in [4.78, 5) is 19.2. The van der Waals surface area contributed by atoms with E-state index in [4.69, 9.17) is 11.6 Å². The van der Waals surface area contributed by atoms with Gasteiger partial charge in [0, 0.05) is 17.1 Å². The van der Waals surface area contributed by atoms with Crippen molar-refractivity contribution in [2.24, 2.45) is 0 Å². The molecule has 0 aliphatic heterocycles. The van der Waals surface area contributed by atoms with Gasteiger partial charge in [-0.1, -0.05) is 60.1 Å². The molecule has 0 unspecified atom stereocenters. The number of nitrogens with zero attached hydrogens (tertiary/aromatic N) is 3. The maximum Gasteiger partial charge on any atom is 0.289 e. The van der Waals surface area contributed by atoms with Crippen LogP contribution in [0.25, 0.3) is 21.8 Å². The first kappa shape index (κ1) is 22.5. The molecule has 0 saturated carbocycles. The zero-order chi connectivity index (χ0) is 24.6. The number of anilines is 3. The van der Waals surface area contributed by atoms with Crippen molar-refractivity contribution >= 4 is 66.4 Å². The highest BCUT2D eigenvalue weighted by Gasteiger charge is 2.23. The smallest absolute Gasteiger partial charge is 0.289 e. The van der Waals surface area contributed by atoms with Gasteiger partial charge in [0.25, 0.3) is 15.7 Å². The first-order valence-electron chi connectivity index (χ1n) is 10.3. The second-order valence-corrected chi connectivity index (χ2v) is 9.63. The van der Waals surface area contributed by atoms with Gasteiger partial charge in [-0.25, -0.2) is 18.4 Å². The highest BCUT2D eigenvalue weighted by Crippen LogP contribution is 2.32. The van der Waals surface area contributed by atoms with Crippen LogP contribution in [0.4, 0.5) is 23.0 Å². The zero-order valence-corrected chi connectivity index (χ0v) is 19.4. The maximum absolute atomic E-state index is 13.2. The van der Waals surface area contributed by atoms with Gasteiger partial charge in [0.05, 0.1) is 20.9 Å². The van der Waals surface area contributed by atoms with Crippen LogP contribution in [0.5, 0.6) is 0 Å². The molecule has 1 aromatic heterocycles. The molecule has 0 saturated heterocycles. The number of rotatable bonds is 6. The number of aromatic nitrogens is 2. The molecule has 0 radical (unpaired) electrons. The lowest BCUT2D eigenvalue weighted by atomic mass is 10.1. The summed E-state index contributed by atoms with van der Waals surface area (Å²) >= 11 is 5.84. The Morgan fingerprint density at radius 2 is 1.49 bits per heavy atom. The normalized spacial score (nSPS) is 11.5. The lowest BCUT2D eigenvalue weighted by Crippen LogP contribution is -2.16. The van der Waals surface area contributed by atoms with Crippen molar-refractivity contribution in [2.45, 2.75) is 4.90 Å². The molecule has 5 aromatic rings. The van der Waals surface area contributed by atoms with Gasteiger partial charge < -0.3 is 5.32 Å². The lowest BCUT2D eigenvalue weighted by Gasteiger charge is -2.15. The topological polar surface area (TPSA) is 127 Å². The Balaban J connectivity index is 1.61. The lowest BCUT2D eigenvalue weighted by molar-refractivity contribution is -0.384. The van der Waals surface area contributed by atoms with Crippen LogP contribution in [0, 0.1) is 10.1 Å². The van der Waals surface area contributed by atoms with Gasteiger partial charge in [-0.2, -0.15) is 0 Å². The number of nitro benzene ring substituents is 1. The van der Waals surface area contributed by atoms with Crippen molar-refractivity contribution in [3.05, 3.63) is 100 Å². The number of para-hydroxylation sites is 2. The standard InChI is InChI=1S/C24H16ClN5O4S/c25-18-13-12-16(14-22(18)30(31)32)35(33,34)29-24-23(27-20-9-3-4-10-21(20)28-24)26-19-11-5-7-15-6-1-2-8-17(15)19/h1-14H,(H,26,27)(H,28,29). The summed E-state index contributed by atoms with van der Waals surface area (Å²) in [6, 6.07) is 23.7. The van der Waals surface area contributed by atoms with Gasteiger partial charge in [-0.3, -0.25) is 14.8 Å². The fourth-order valence-corrected chi connectivity index (χ4v) is 4.82. The van der Waals surface area contributed by atoms with Gasteiger partial charge in [-0.15, -0.1) is 0 Å². The van der Waals surface area contributed by atoms with Crippen LogP contribution >= 0.6 is 11.6 Å². The van der Waals surface area contributed by atoms with E-state index in [1.807, 2.05) is 42.5 Å². The average molecular weight is 506 g/mol. The third-order valence-corrected chi connectivity index (χ3v) is 6.93. The second-order valence-electron chi connectivity index (χ2n) is 7.54. The van der Waals surface area contributed by atoms with Crippen LogP contribution < -0.4 is 10.0 Å². The number of nitrogens with one attached hydrogen (secondary N) is 2. The maximum atomic E-state index is 13.2. The summed E-state index contributed by atoms with van der Waals surface area (Å²) in [6.07, 6.45) is 0. The summed E-state index contributed by atoms with van der Waals surface area (Å²) in [5, 5.41) is 16.2. The number of sulfonamides is 1. The predicted octanol–water partition coefficient (Wildman–Crippen LogP) is 5.89. The Labute approximate surface area is 204 Å². The van der Waals surface area contributed by atoms with E-state index >= 15 is 0 Å². The quantitative estimate of drug-likeness (QED) is 0.217. The van der Waals surface area contributed by atoms with Crippen LogP contribution in [-0.4, -0.2) is 23.3 Å². The van der Waals surface area contributed by atoms with Crippen molar-refractivity contribution in [3.8, 4) is 0 Å². The third kappa shape index (κ3) is 4.44. The molecular formula is C24H16ClN5O4S. The van der Waals surface area contributed by atoms with E-state index in [-0.39, 0.29) is 21.6 Å². The van der Waals surface area contributed by atoms with E-state index in [9.17, 15) is 18.5 Å². The Bertz CT molecular complexity index is 1720. The number of hydrogen-bond donors (Lipinski definition) is 2. The summed E-state index contributed by atoms with van der Waals surface area (Å²) in [5.41, 5.74) is 1.21. The highest BCUT2D eigenvalue weighted by atomic mass is 35.5. The SMILES string of the molecule is O=[N+]([O-])c1cc(S(=O)(=O)Nc2nc3ccccc3nc2Nc2cccc3ccccc23)ccc1Cl. The molecule has 0 aliphatic rings. The van der Waals surface area contributed by atoms with Crippen LogP contribution in [-0.2, 0) is 10.0 Å². The molecule has 11 heteroatoms. The van der Waals surface area contributed by atoms with E-state index in [2.05, 4.69) is 20.0 Å². The molecule has 0 spiro atoms. The van der Waals surface area contributed by atoms with Crippen LogP contribution in [0.1, 0.15) is 0 Å². The monoisotopic (exact) mass is 505 g/mol. The van der Waals surface area contributed by atoms with E-state index in [0.29, 0.717) is 16.7 Å². The van der Waals surface area contributed by atoms with Crippen molar-refractivity contribution in [3.63, 3.8) is 0 Å². The van der Waals surface area contributed by atoms with Crippen LogP contribution in [0.2, 0.25) is 5.02 Å². The molecule has 9 nitrogen and oxygen atoms in total. The Hall–Kier alpha value is -4.28. The molecule has 0 amide bonds. The first-order chi connectivity index (χ1) is 16.8. The summed E-state index contributed by atoms with van der Waals surface area (Å²) < 4.78 is 28.8. The van der Waals surface area contributed by atoms with Crippen LogP contribution in [0.3, 0.4) is 0 Å². The average Bonchev–Trinajstić information content (AvgIpc) is 2.84. The highest BCUT2D eigenvalue weighted by molar-refractivity contribution is 7.92. The van der Waals surface area contributed by atoms with E-state index in [1.165, 1.54) is 6.07 Å². The largest absolute Gasteiger partial charge is 0.337 e. The van der Waals surface area contributed by atoms with Gasteiger partial charge in [0.1, 0.15) is 5.02 Å². The van der Waals surface area contributed by atoms with E-state index in [1.54, 1.807) is 24.3 Å². The molecule has 0 bridgehead atoms. The summed E-state index contributed by atoms with van der Waals surface area (Å²) in [5.74, 6) is 0.112. The van der Waals surface area contributed by atoms with Crippen LogP contribution in [0.15, 0.2) is 89.8 Å². The molecule has 1 heterocycles. The van der Waals surface area contributed by atoms with Gasteiger partial charge in [0.15, 0.2) is 11.6 Å². The third-order valence-electron chi connectivity index (χ3n) is 5.27. The van der Waals surface area contributed by atoms with Gasteiger partial charge >= 0.3 is 0 Å². The second kappa shape index (κ2) is 8.82. The predicted molar refractivity (Wildman–Crippen MR) is 136 cm³/mol. The summed E-state index contributed by atoms with van der Waals surface area (Å²) in [6.45, 7) is 0. The van der Waals surface area contributed by atoms with Crippen molar-refractivity contribution in [2.75, 3.05) is 10.0 Å². The molecule has 0 atom stereocenters. The minimum Gasteiger partial charge on any atom is -0.337 e. The number of benzene rings is 4. The minimum absolute atomic E-state index is 0.0609. The molecule has 0 aliphatic carbocycles. The zero-order valence-electron chi connectivity index (χ0n) is 17.8. The fraction of sp³-hybridized carbons (Fsp3) is 0. The summed E-state index contributed by atoms with van der Waals surface area (Å²) in [7, 11) is -4.27. The number of halogens is 1.